The van der Waals surface area contributed by atoms with Crippen LogP contribution in [0.5, 0.6) is 0 Å². The zero-order valence-corrected chi connectivity index (χ0v) is 10.6. The van der Waals surface area contributed by atoms with Gasteiger partial charge < -0.3 is 5.73 Å². The van der Waals surface area contributed by atoms with Crippen LogP contribution in [-0.2, 0) is 6.54 Å². The van der Waals surface area contributed by atoms with Gasteiger partial charge in [-0.05, 0) is 30.7 Å². The van der Waals surface area contributed by atoms with Crippen molar-refractivity contribution in [1.82, 2.24) is 4.90 Å². The lowest BCUT2D eigenvalue weighted by Crippen LogP contribution is -2.32. The third kappa shape index (κ3) is 4.75. The van der Waals surface area contributed by atoms with E-state index in [9.17, 15) is 8.78 Å². The van der Waals surface area contributed by atoms with Crippen molar-refractivity contribution in [2.24, 2.45) is 5.73 Å². The molecule has 0 aliphatic heterocycles. The summed E-state index contributed by atoms with van der Waals surface area (Å²) in [6.45, 7) is 3.86. The molecule has 0 fully saturated rings. The summed E-state index contributed by atoms with van der Waals surface area (Å²) in [5.74, 6) is -1.65. The highest BCUT2D eigenvalue weighted by Crippen LogP contribution is 2.11. The molecule has 94 valence electrons. The van der Waals surface area contributed by atoms with Gasteiger partial charge >= 0.3 is 0 Å². The molecule has 0 bridgehead atoms. The molecule has 0 aromatic heterocycles. The van der Waals surface area contributed by atoms with Gasteiger partial charge in [0, 0.05) is 13.1 Å². The van der Waals surface area contributed by atoms with Crippen LogP contribution in [0.2, 0.25) is 0 Å². The van der Waals surface area contributed by atoms with Crippen LogP contribution in [0.4, 0.5) is 8.78 Å². The average molecular weight is 258 g/mol. The number of nitrogens with zero attached hydrogens (tertiary/aromatic N) is 1. The van der Waals surface area contributed by atoms with Crippen LogP contribution < -0.4 is 5.73 Å². The minimum atomic E-state index is -0.829. The standard InChI is InChI=1S/C12H16F2N2S/c1-2-5-16(8-12(15)17)7-9-3-4-10(13)11(14)6-9/h3-4,6H,2,5,7-8H2,1H3,(H2,15,17). The molecule has 2 N–H and O–H groups in total. The second-order valence-electron chi connectivity index (χ2n) is 3.93. The van der Waals surface area contributed by atoms with E-state index >= 15 is 0 Å². The van der Waals surface area contributed by atoms with Crippen LogP contribution in [0.3, 0.4) is 0 Å². The molecule has 0 aliphatic rings. The summed E-state index contributed by atoms with van der Waals surface area (Å²) in [7, 11) is 0. The van der Waals surface area contributed by atoms with Gasteiger partial charge in [-0.25, -0.2) is 8.78 Å². The smallest absolute Gasteiger partial charge is 0.159 e. The molecular formula is C12H16F2N2S. The second kappa shape index (κ2) is 6.61. The van der Waals surface area contributed by atoms with Gasteiger partial charge in [0.25, 0.3) is 0 Å². The minimum Gasteiger partial charge on any atom is -0.392 e. The fourth-order valence-corrected chi connectivity index (χ4v) is 1.83. The summed E-state index contributed by atoms with van der Waals surface area (Å²) in [5.41, 5.74) is 6.20. The fraction of sp³-hybridized carbons (Fsp3) is 0.417. The van der Waals surface area contributed by atoms with Gasteiger partial charge in [-0.2, -0.15) is 0 Å². The maximum absolute atomic E-state index is 13.0. The molecule has 0 saturated heterocycles. The molecule has 5 heteroatoms. The number of thiocarbonyl (C=S) groups is 1. The van der Waals surface area contributed by atoms with Crippen LogP contribution in [0.25, 0.3) is 0 Å². The van der Waals surface area contributed by atoms with Crippen LogP contribution in [0, 0.1) is 11.6 Å². The summed E-state index contributed by atoms with van der Waals surface area (Å²) in [5, 5.41) is 0. The van der Waals surface area contributed by atoms with E-state index in [1.54, 1.807) is 6.07 Å². The Morgan fingerprint density at radius 1 is 1.35 bits per heavy atom. The Labute approximate surface area is 105 Å². The normalized spacial score (nSPS) is 10.8. The quantitative estimate of drug-likeness (QED) is 0.795. The van der Waals surface area contributed by atoms with E-state index in [4.69, 9.17) is 18.0 Å². The van der Waals surface area contributed by atoms with Gasteiger partial charge in [-0.15, -0.1) is 0 Å². The van der Waals surface area contributed by atoms with Gasteiger partial charge in [0.1, 0.15) is 0 Å². The van der Waals surface area contributed by atoms with E-state index in [-0.39, 0.29) is 0 Å². The van der Waals surface area contributed by atoms with Gasteiger partial charge in [0.05, 0.1) is 4.99 Å². The first-order valence-electron chi connectivity index (χ1n) is 5.47. The van der Waals surface area contributed by atoms with E-state index < -0.39 is 11.6 Å². The number of benzene rings is 1. The van der Waals surface area contributed by atoms with Gasteiger partial charge in [-0.1, -0.05) is 25.2 Å². The molecule has 1 rings (SSSR count). The summed E-state index contributed by atoms with van der Waals surface area (Å²) in [6, 6.07) is 3.91. The Kier molecular flexibility index (Phi) is 5.44. The zero-order valence-electron chi connectivity index (χ0n) is 9.75. The Bertz CT molecular complexity index is 396. The molecular weight excluding hydrogens is 242 g/mol. The summed E-state index contributed by atoms with van der Waals surface area (Å²) < 4.78 is 25.8. The zero-order chi connectivity index (χ0) is 12.8. The lowest BCUT2D eigenvalue weighted by molar-refractivity contribution is 0.303. The van der Waals surface area contributed by atoms with Gasteiger partial charge in [0.2, 0.25) is 0 Å². The monoisotopic (exact) mass is 258 g/mol. The molecule has 2 nitrogen and oxygen atoms in total. The predicted octanol–water partition coefficient (Wildman–Crippen LogP) is 2.46. The van der Waals surface area contributed by atoms with Gasteiger partial charge in [-0.3, -0.25) is 4.90 Å². The first kappa shape index (κ1) is 14.0. The fourth-order valence-electron chi connectivity index (χ4n) is 1.65. The van der Waals surface area contributed by atoms with Crippen molar-refractivity contribution >= 4 is 17.2 Å². The SMILES string of the molecule is CCCN(CC(N)=S)Cc1ccc(F)c(F)c1. The summed E-state index contributed by atoms with van der Waals surface area (Å²) >= 11 is 4.85. The van der Waals surface area contributed by atoms with Crippen LogP contribution in [0.1, 0.15) is 18.9 Å². The van der Waals surface area contributed by atoms with Crippen LogP contribution in [0.15, 0.2) is 18.2 Å². The number of rotatable bonds is 6. The molecule has 0 unspecified atom stereocenters. The van der Waals surface area contributed by atoms with E-state index in [0.29, 0.717) is 23.6 Å². The molecule has 1 aromatic carbocycles. The summed E-state index contributed by atoms with van der Waals surface area (Å²) in [6.07, 6.45) is 0.951. The Morgan fingerprint density at radius 2 is 2.06 bits per heavy atom. The van der Waals surface area contributed by atoms with E-state index in [1.165, 1.54) is 6.07 Å². The predicted molar refractivity (Wildman–Crippen MR) is 68.7 cm³/mol. The Morgan fingerprint density at radius 3 is 2.59 bits per heavy atom. The lowest BCUT2D eigenvalue weighted by Gasteiger charge is -2.20. The van der Waals surface area contributed by atoms with Crippen molar-refractivity contribution in [2.45, 2.75) is 19.9 Å². The maximum atomic E-state index is 13.0. The van der Waals surface area contributed by atoms with Crippen LogP contribution in [-0.4, -0.2) is 23.0 Å². The average Bonchev–Trinajstić information content (AvgIpc) is 2.23. The molecule has 0 spiro atoms. The number of halogens is 2. The first-order chi connectivity index (χ1) is 8.02. The van der Waals surface area contributed by atoms with Crippen molar-refractivity contribution in [3.8, 4) is 0 Å². The highest BCUT2D eigenvalue weighted by molar-refractivity contribution is 7.80. The van der Waals surface area contributed by atoms with Crippen molar-refractivity contribution in [3.63, 3.8) is 0 Å². The Balaban J connectivity index is 2.71. The van der Waals surface area contributed by atoms with Crippen molar-refractivity contribution in [3.05, 3.63) is 35.4 Å². The molecule has 0 heterocycles. The topological polar surface area (TPSA) is 29.3 Å². The highest BCUT2D eigenvalue weighted by Gasteiger charge is 2.08. The lowest BCUT2D eigenvalue weighted by atomic mass is 10.2. The molecule has 0 saturated carbocycles. The van der Waals surface area contributed by atoms with Crippen molar-refractivity contribution in [2.75, 3.05) is 13.1 Å². The molecule has 0 atom stereocenters. The molecule has 0 aliphatic carbocycles. The van der Waals surface area contributed by atoms with Crippen molar-refractivity contribution < 1.29 is 8.78 Å². The van der Waals surface area contributed by atoms with E-state index in [1.807, 2.05) is 11.8 Å². The van der Waals surface area contributed by atoms with E-state index in [2.05, 4.69) is 0 Å². The first-order valence-corrected chi connectivity index (χ1v) is 5.88. The Hall–Kier alpha value is -1.07. The summed E-state index contributed by atoms with van der Waals surface area (Å²) in [4.78, 5) is 2.41. The van der Waals surface area contributed by atoms with E-state index in [0.717, 1.165) is 19.0 Å². The molecule has 0 amide bonds. The molecule has 1 aromatic rings. The van der Waals surface area contributed by atoms with Crippen molar-refractivity contribution in [1.29, 1.82) is 0 Å². The number of hydrogen-bond acceptors (Lipinski definition) is 2. The molecule has 0 radical (unpaired) electrons. The number of hydrogen-bond donors (Lipinski definition) is 1. The third-order valence-corrected chi connectivity index (χ3v) is 2.44. The second-order valence-corrected chi connectivity index (χ2v) is 4.45. The largest absolute Gasteiger partial charge is 0.392 e. The minimum absolute atomic E-state index is 0.404. The maximum Gasteiger partial charge on any atom is 0.159 e. The third-order valence-electron chi connectivity index (χ3n) is 2.31. The van der Waals surface area contributed by atoms with Crippen LogP contribution >= 0.6 is 12.2 Å². The highest BCUT2D eigenvalue weighted by atomic mass is 32.1. The number of nitrogens with two attached hydrogens (primary N) is 1. The molecule has 17 heavy (non-hydrogen) atoms. The van der Waals surface area contributed by atoms with Gasteiger partial charge in [0.15, 0.2) is 11.6 Å².